The highest BCUT2D eigenvalue weighted by molar-refractivity contribution is 6.11. The summed E-state index contributed by atoms with van der Waals surface area (Å²) < 4.78 is 1.74. The first kappa shape index (κ1) is 23.2. The standard InChI is InChI=1S/C35H23N5O/c1-2-16-30-25(11-1)26-12-6-14-28(34(26)38-30)31-17-7-18-32(37-31)41-40-22-8-10-24-20-19-23-9-5-13-27(33(23)39-35(24)40)29-15-3-4-21-36-29/h1-22H,(H,37,38)/p+1. The molecule has 0 amide bonds. The second kappa shape index (κ2) is 9.47. The number of aromatic amines is 1. The maximum atomic E-state index is 6.41. The van der Waals surface area contributed by atoms with Crippen LogP contribution in [0.2, 0.25) is 0 Å². The van der Waals surface area contributed by atoms with Crippen LogP contribution in [0.3, 0.4) is 0 Å². The summed E-state index contributed by atoms with van der Waals surface area (Å²) in [5.74, 6) is 1.29. The zero-order valence-corrected chi connectivity index (χ0v) is 22.0. The van der Waals surface area contributed by atoms with Crippen LogP contribution in [0.5, 0.6) is 5.88 Å². The Kier molecular flexibility index (Phi) is 5.35. The van der Waals surface area contributed by atoms with Gasteiger partial charge in [-0.3, -0.25) is 9.82 Å². The molecule has 0 radical (unpaired) electrons. The van der Waals surface area contributed by atoms with E-state index in [4.69, 9.17) is 9.82 Å². The van der Waals surface area contributed by atoms with Crippen LogP contribution >= 0.6 is 0 Å². The van der Waals surface area contributed by atoms with E-state index in [1.165, 1.54) is 10.8 Å². The molecule has 8 rings (SSSR count). The van der Waals surface area contributed by atoms with Gasteiger partial charge in [-0.2, -0.15) is 0 Å². The van der Waals surface area contributed by atoms with Crippen LogP contribution in [-0.4, -0.2) is 15.0 Å². The number of nitrogens with one attached hydrogen (secondary N) is 2. The lowest BCUT2D eigenvalue weighted by atomic mass is 10.0. The fourth-order valence-electron chi connectivity index (χ4n) is 5.53. The number of benzene rings is 3. The summed E-state index contributed by atoms with van der Waals surface area (Å²) in [6.45, 7) is 0. The molecule has 7 aromatic rings. The first-order valence-corrected chi connectivity index (χ1v) is 13.5. The summed E-state index contributed by atoms with van der Waals surface area (Å²) in [4.78, 5) is 19.5. The van der Waals surface area contributed by atoms with Gasteiger partial charge < -0.3 is 4.98 Å². The number of hydrogen-bond donors (Lipinski definition) is 2. The van der Waals surface area contributed by atoms with Crippen LogP contribution in [0.25, 0.3) is 56.5 Å². The van der Waals surface area contributed by atoms with Crippen LogP contribution in [0.1, 0.15) is 11.1 Å². The molecular weight excluding hydrogens is 506 g/mol. The van der Waals surface area contributed by atoms with Crippen molar-refractivity contribution in [1.82, 2.24) is 15.0 Å². The smallest absolute Gasteiger partial charge is 0.327 e. The number of nitrogens with zero attached hydrogens (tertiary/aromatic N) is 3. The molecule has 6 heteroatoms. The van der Waals surface area contributed by atoms with E-state index in [-0.39, 0.29) is 0 Å². The van der Waals surface area contributed by atoms with Crippen molar-refractivity contribution in [2.75, 3.05) is 5.32 Å². The number of fused-ring (bicyclic) bond motifs is 5. The first-order chi connectivity index (χ1) is 20.3. The SMILES string of the molecule is C1=Cc2ccc[n+](Oc3cccc(-c4cccc5c4[nH]c4ccccc45)n3)c2Nc2c1cccc2-c1ccccn1. The average molecular weight is 531 g/mol. The van der Waals surface area contributed by atoms with Crippen LogP contribution in [-0.2, 0) is 0 Å². The van der Waals surface area contributed by atoms with E-state index >= 15 is 0 Å². The summed E-state index contributed by atoms with van der Waals surface area (Å²) >= 11 is 0. The molecule has 3 aromatic carbocycles. The molecule has 194 valence electrons. The summed E-state index contributed by atoms with van der Waals surface area (Å²) in [5.41, 5.74) is 8.97. The number of H-pyrrole nitrogens is 1. The Morgan fingerprint density at radius 2 is 1.41 bits per heavy atom. The van der Waals surface area contributed by atoms with Crippen molar-refractivity contribution in [2.45, 2.75) is 0 Å². The van der Waals surface area contributed by atoms with E-state index < -0.39 is 0 Å². The number of aromatic nitrogens is 4. The Morgan fingerprint density at radius 1 is 0.634 bits per heavy atom. The Hall–Kier alpha value is -5.75. The number of hydrogen-bond acceptors (Lipinski definition) is 4. The number of rotatable bonds is 4. The van der Waals surface area contributed by atoms with Crippen LogP contribution in [0.15, 0.2) is 122 Å². The number of para-hydroxylation sites is 3. The molecule has 0 bridgehead atoms. The van der Waals surface area contributed by atoms with Crippen LogP contribution < -0.4 is 14.9 Å². The molecule has 0 aliphatic carbocycles. The highest BCUT2D eigenvalue weighted by atomic mass is 16.7. The molecule has 0 spiro atoms. The normalized spacial score (nSPS) is 12.0. The highest BCUT2D eigenvalue weighted by Crippen LogP contribution is 2.36. The Labute approximate surface area is 236 Å². The van der Waals surface area contributed by atoms with Gasteiger partial charge in [0.15, 0.2) is 0 Å². The highest BCUT2D eigenvalue weighted by Gasteiger charge is 2.24. The van der Waals surface area contributed by atoms with Crippen molar-refractivity contribution in [3.05, 3.63) is 133 Å². The van der Waals surface area contributed by atoms with E-state index in [2.05, 4.69) is 88.1 Å². The summed E-state index contributed by atoms with van der Waals surface area (Å²) in [7, 11) is 0. The minimum absolute atomic E-state index is 0.488. The van der Waals surface area contributed by atoms with Gasteiger partial charge in [0.1, 0.15) is 11.9 Å². The predicted octanol–water partition coefficient (Wildman–Crippen LogP) is 7.80. The number of anilines is 2. The largest absolute Gasteiger partial charge is 0.354 e. The van der Waals surface area contributed by atoms with Crippen molar-refractivity contribution in [2.24, 2.45) is 0 Å². The van der Waals surface area contributed by atoms with E-state index in [0.717, 1.165) is 56.2 Å². The third kappa shape index (κ3) is 4.01. The molecule has 0 saturated heterocycles. The van der Waals surface area contributed by atoms with Gasteiger partial charge in [-0.1, -0.05) is 60.7 Å². The third-order valence-electron chi connectivity index (χ3n) is 7.45. The predicted molar refractivity (Wildman–Crippen MR) is 164 cm³/mol. The molecule has 0 unspecified atom stereocenters. The second-order valence-corrected chi connectivity index (χ2v) is 9.93. The van der Waals surface area contributed by atoms with Crippen molar-refractivity contribution in [3.8, 4) is 28.4 Å². The molecule has 6 nitrogen and oxygen atoms in total. The van der Waals surface area contributed by atoms with E-state index in [9.17, 15) is 0 Å². The Morgan fingerprint density at radius 3 is 2.37 bits per heavy atom. The molecule has 1 aliphatic heterocycles. The van der Waals surface area contributed by atoms with Gasteiger partial charge in [0.2, 0.25) is 0 Å². The lowest BCUT2D eigenvalue weighted by molar-refractivity contribution is -0.864. The van der Waals surface area contributed by atoms with Crippen LogP contribution in [0, 0.1) is 0 Å². The monoisotopic (exact) mass is 530 g/mol. The fourth-order valence-corrected chi connectivity index (χ4v) is 5.53. The average Bonchev–Trinajstić information content (AvgIpc) is 3.29. The van der Waals surface area contributed by atoms with Gasteiger partial charge in [0, 0.05) is 45.2 Å². The summed E-state index contributed by atoms with van der Waals surface area (Å²) in [5, 5.41) is 6.02. The lowest BCUT2D eigenvalue weighted by Gasteiger charge is -2.12. The molecule has 2 N–H and O–H groups in total. The molecule has 1 aliphatic rings. The van der Waals surface area contributed by atoms with Crippen molar-refractivity contribution >= 4 is 45.5 Å². The molecule has 0 atom stereocenters. The maximum Gasteiger partial charge on any atom is 0.327 e. The van der Waals surface area contributed by atoms with Gasteiger partial charge in [-0.15, -0.1) is 0 Å². The van der Waals surface area contributed by atoms with Gasteiger partial charge in [-0.05, 0) is 59.3 Å². The zero-order chi connectivity index (χ0) is 27.2. The van der Waals surface area contributed by atoms with Gasteiger partial charge >= 0.3 is 5.82 Å². The van der Waals surface area contributed by atoms with Crippen LogP contribution in [0.4, 0.5) is 11.5 Å². The minimum atomic E-state index is 0.488. The minimum Gasteiger partial charge on any atom is -0.354 e. The Bertz CT molecular complexity index is 2110. The van der Waals surface area contributed by atoms with Crippen molar-refractivity contribution in [1.29, 1.82) is 0 Å². The summed E-state index contributed by atoms with van der Waals surface area (Å²) in [6, 6.07) is 36.7. The molecule has 0 fully saturated rings. The molecule has 5 heterocycles. The van der Waals surface area contributed by atoms with Gasteiger partial charge in [0.05, 0.1) is 22.5 Å². The molecular formula is C35H24N5O+. The molecule has 41 heavy (non-hydrogen) atoms. The lowest BCUT2D eigenvalue weighted by Crippen LogP contribution is -2.42. The topological polar surface area (TPSA) is 66.7 Å². The fraction of sp³-hybridized carbons (Fsp3) is 0. The molecule has 0 saturated carbocycles. The Balaban J connectivity index is 1.19. The van der Waals surface area contributed by atoms with E-state index in [1.54, 1.807) is 4.73 Å². The second-order valence-electron chi connectivity index (χ2n) is 9.93. The van der Waals surface area contributed by atoms with Gasteiger partial charge in [0.25, 0.3) is 5.88 Å². The van der Waals surface area contributed by atoms with Gasteiger partial charge in [-0.25, -0.2) is 10.3 Å². The zero-order valence-electron chi connectivity index (χ0n) is 22.0. The van der Waals surface area contributed by atoms with E-state index in [1.807, 2.05) is 60.9 Å². The maximum absolute atomic E-state index is 6.41. The first-order valence-electron chi connectivity index (χ1n) is 13.5. The summed E-state index contributed by atoms with van der Waals surface area (Å²) in [6.07, 6.45) is 7.91. The van der Waals surface area contributed by atoms with Crippen molar-refractivity contribution < 1.29 is 9.57 Å². The molecule has 4 aromatic heterocycles. The quantitative estimate of drug-likeness (QED) is 0.228. The third-order valence-corrected chi connectivity index (χ3v) is 7.45. The van der Waals surface area contributed by atoms with Crippen molar-refractivity contribution in [3.63, 3.8) is 0 Å². The van der Waals surface area contributed by atoms with E-state index in [0.29, 0.717) is 5.88 Å². The number of pyridine rings is 3.